The summed E-state index contributed by atoms with van der Waals surface area (Å²) in [5, 5.41) is 0. The first-order valence-electron chi connectivity index (χ1n) is 5.56. The molecule has 1 atom stereocenters. The van der Waals surface area contributed by atoms with Gasteiger partial charge in [-0.1, -0.05) is 37.3 Å². The minimum absolute atomic E-state index is 0.114. The van der Waals surface area contributed by atoms with Crippen LogP contribution in [-0.4, -0.2) is 17.5 Å². The lowest BCUT2D eigenvalue weighted by atomic mass is 10.1. The molecule has 0 fully saturated rings. The van der Waals surface area contributed by atoms with Gasteiger partial charge in [0.15, 0.2) is 0 Å². The Morgan fingerprint density at radius 3 is 2.69 bits per heavy atom. The summed E-state index contributed by atoms with van der Waals surface area (Å²) in [5.74, 6) is 1.77. The first kappa shape index (κ1) is 13.1. The molecule has 0 N–H and O–H groups in total. The number of hydrogen-bond acceptors (Lipinski definition) is 3. The summed E-state index contributed by atoms with van der Waals surface area (Å²) in [4.78, 5) is 11.5. The van der Waals surface area contributed by atoms with E-state index in [0.717, 1.165) is 17.1 Å². The quantitative estimate of drug-likeness (QED) is 0.561. The molecule has 0 saturated heterocycles. The third kappa shape index (κ3) is 4.71. The molecule has 16 heavy (non-hydrogen) atoms. The number of benzene rings is 1. The van der Waals surface area contributed by atoms with Gasteiger partial charge < -0.3 is 4.74 Å². The molecule has 0 aliphatic carbocycles. The first-order valence-corrected chi connectivity index (χ1v) is 6.71. The largest absolute Gasteiger partial charge is 0.458 e. The number of esters is 1. The number of thioether (sulfide) groups is 1. The Morgan fingerprint density at radius 1 is 1.38 bits per heavy atom. The molecule has 0 aliphatic heterocycles. The molecule has 0 radical (unpaired) electrons. The lowest BCUT2D eigenvalue weighted by Gasteiger charge is -2.13. The molecule has 0 saturated carbocycles. The number of carbonyl (C=O) groups excluding carboxylic acids is 1. The molecule has 1 aromatic rings. The van der Waals surface area contributed by atoms with E-state index >= 15 is 0 Å². The maximum Gasteiger partial charge on any atom is 0.307 e. The highest BCUT2D eigenvalue weighted by Gasteiger charge is 2.10. The molecule has 3 heteroatoms. The van der Waals surface area contributed by atoms with Crippen LogP contribution >= 0.6 is 11.8 Å². The molecule has 1 rings (SSSR count). The minimum atomic E-state index is -0.152. The Kier molecular flexibility index (Phi) is 6.01. The van der Waals surface area contributed by atoms with Crippen molar-refractivity contribution in [2.24, 2.45) is 0 Å². The first-order chi connectivity index (χ1) is 7.74. The molecular formula is C13H18O2S. The third-order valence-corrected chi connectivity index (χ3v) is 3.13. The predicted octanol–water partition coefficient (Wildman–Crippen LogP) is 3.43. The molecule has 0 spiro atoms. The van der Waals surface area contributed by atoms with Crippen molar-refractivity contribution in [2.45, 2.75) is 26.4 Å². The Balaban J connectivity index is 2.34. The maximum atomic E-state index is 11.5. The van der Waals surface area contributed by atoms with Gasteiger partial charge >= 0.3 is 5.97 Å². The molecule has 0 amide bonds. The van der Waals surface area contributed by atoms with Gasteiger partial charge in [0.25, 0.3) is 0 Å². The van der Waals surface area contributed by atoms with Crippen LogP contribution in [0.1, 0.15) is 31.9 Å². The van der Waals surface area contributed by atoms with Crippen LogP contribution in [0.4, 0.5) is 0 Å². The zero-order chi connectivity index (χ0) is 11.8. The fraction of sp³-hybridized carbons (Fsp3) is 0.462. The summed E-state index contributed by atoms with van der Waals surface area (Å²) < 4.78 is 5.33. The van der Waals surface area contributed by atoms with Crippen LogP contribution in [0.25, 0.3) is 0 Å². The summed E-state index contributed by atoms with van der Waals surface area (Å²) in [6, 6.07) is 9.80. The molecular weight excluding hydrogens is 220 g/mol. The van der Waals surface area contributed by atoms with Crippen molar-refractivity contribution in [1.82, 2.24) is 0 Å². The van der Waals surface area contributed by atoms with Gasteiger partial charge in [-0.3, -0.25) is 4.79 Å². The molecule has 0 aromatic heterocycles. The second kappa shape index (κ2) is 7.34. The van der Waals surface area contributed by atoms with Crippen molar-refractivity contribution in [1.29, 1.82) is 0 Å². The van der Waals surface area contributed by atoms with E-state index in [1.807, 2.05) is 37.3 Å². The van der Waals surface area contributed by atoms with Gasteiger partial charge in [0, 0.05) is 5.75 Å². The second-order valence-corrected chi connectivity index (χ2v) is 4.88. The fourth-order valence-corrected chi connectivity index (χ4v) is 1.95. The Labute approximate surface area is 101 Å². The van der Waals surface area contributed by atoms with Gasteiger partial charge in [-0.2, -0.15) is 11.8 Å². The van der Waals surface area contributed by atoms with E-state index in [-0.39, 0.29) is 12.1 Å². The van der Waals surface area contributed by atoms with E-state index in [0.29, 0.717) is 6.42 Å². The van der Waals surface area contributed by atoms with Crippen LogP contribution in [0.5, 0.6) is 0 Å². The van der Waals surface area contributed by atoms with Crippen molar-refractivity contribution in [2.75, 3.05) is 11.5 Å². The van der Waals surface area contributed by atoms with E-state index in [9.17, 15) is 4.79 Å². The Hall–Kier alpha value is -0.960. The zero-order valence-electron chi connectivity index (χ0n) is 9.81. The lowest BCUT2D eigenvalue weighted by Crippen LogP contribution is -2.09. The van der Waals surface area contributed by atoms with Gasteiger partial charge in [-0.25, -0.2) is 0 Å². The number of hydrogen-bond donors (Lipinski definition) is 0. The predicted molar refractivity (Wildman–Crippen MR) is 68.6 cm³/mol. The summed E-state index contributed by atoms with van der Waals surface area (Å²) in [6.45, 7) is 3.99. The van der Waals surface area contributed by atoms with Gasteiger partial charge in [0.1, 0.15) is 6.10 Å². The standard InChI is InChI=1S/C13H18O2S/c1-3-16-10-9-13(14)15-11(2)12-7-5-4-6-8-12/h4-8,11H,3,9-10H2,1-2H3. The van der Waals surface area contributed by atoms with Crippen LogP contribution < -0.4 is 0 Å². The van der Waals surface area contributed by atoms with E-state index in [4.69, 9.17) is 4.74 Å². The number of carbonyl (C=O) groups is 1. The summed E-state index contributed by atoms with van der Waals surface area (Å²) in [6.07, 6.45) is 0.343. The molecule has 1 unspecified atom stereocenters. The average molecular weight is 238 g/mol. The van der Waals surface area contributed by atoms with Crippen LogP contribution in [0.15, 0.2) is 30.3 Å². The molecule has 0 aliphatic rings. The van der Waals surface area contributed by atoms with Crippen LogP contribution in [-0.2, 0) is 9.53 Å². The third-order valence-electron chi connectivity index (χ3n) is 2.23. The molecule has 88 valence electrons. The molecule has 0 bridgehead atoms. The molecule has 0 heterocycles. The lowest BCUT2D eigenvalue weighted by molar-refractivity contribution is -0.148. The van der Waals surface area contributed by atoms with Crippen LogP contribution in [0, 0.1) is 0 Å². The number of ether oxygens (including phenoxy) is 1. The highest BCUT2D eigenvalue weighted by molar-refractivity contribution is 7.99. The summed E-state index contributed by atoms with van der Waals surface area (Å²) in [5.41, 5.74) is 1.04. The van der Waals surface area contributed by atoms with Crippen molar-refractivity contribution in [3.05, 3.63) is 35.9 Å². The van der Waals surface area contributed by atoms with Crippen molar-refractivity contribution in [3.8, 4) is 0 Å². The topological polar surface area (TPSA) is 26.3 Å². The number of rotatable bonds is 6. The zero-order valence-corrected chi connectivity index (χ0v) is 10.6. The fourth-order valence-electron chi connectivity index (χ4n) is 1.35. The Bertz CT molecular complexity index is 311. The van der Waals surface area contributed by atoms with Gasteiger partial charge in [-0.15, -0.1) is 0 Å². The maximum absolute atomic E-state index is 11.5. The molecule has 2 nitrogen and oxygen atoms in total. The van der Waals surface area contributed by atoms with Gasteiger partial charge in [0.05, 0.1) is 6.42 Å². The van der Waals surface area contributed by atoms with Crippen LogP contribution in [0.2, 0.25) is 0 Å². The highest BCUT2D eigenvalue weighted by Crippen LogP contribution is 2.17. The smallest absolute Gasteiger partial charge is 0.307 e. The molecule has 1 aromatic carbocycles. The van der Waals surface area contributed by atoms with E-state index in [2.05, 4.69) is 6.92 Å². The van der Waals surface area contributed by atoms with Crippen molar-refractivity contribution in [3.63, 3.8) is 0 Å². The van der Waals surface area contributed by atoms with E-state index in [1.165, 1.54) is 0 Å². The highest BCUT2D eigenvalue weighted by atomic mass is 32.2. The minimum Gasteiger partial charge on any atom is -0.458 e. The van der Waals surface area contributed by atoms with Gasteiger partial charge in [-0.05, 0) is 18.2 Å². The normalized spacial score (nSPS) is 12.1. The summed E-state index contributed by atoms with van der Waals surface area (Å²) >= 11 is 1.76. The van der Waals surface area contributed by atoms with Crippen LogP contribution in [0.3, 0.4) is 0 Å². The Morgan fingerprint density at radius 2 is 2.06 bits per heavy atom. The second-order valence-electron chi connectivity index (χ2n) is 3.49. The van der Waals surface area contributed by atoms with E-state index in [1.54, 1.807) is 11.8 Å². The van der Waals surface area contributed by atoms with E-state index < -0.39 is 0 Å². The monoisotopic (exact) mass is 238 g/mol. The van der Waals surface area contributed by atoms with Crippen molar-refractivity contribution >= 4 is 17.7 Å². The SMILES string of the molecule is CCSCCC(=O)OC(C)c1ccccc1. The average Bonchev–Trinajstić information content (AvgIpc) is 2.30. The van der Waals surface area contributed by atoms with Gasteiger partial charge in [0.2, 0.25) is 0 Å². The summed E-state index contributed by atoms with van der Waals surface area (Å²) in [7, 11) is 0. The van der Waals surface area contributed by atoms with Crippen molar-refractivity contribution < 1.29 is 9.53 Å².